The van der Waals surface area contributed by atoms with Gasteiger partial charge in [0.1, 0.15) is 29.6 Å². The molecule has 1 aliphatic carbocycles. The number of nitrogens with zero attached hydrogens (tertiary/aromatic N) is 3. The fourth-order valence-corrected chi connectivity index (χ4v) is 6.50. The third kappa shape index (κ3) is 6.03. The predicted octanol–water partition coefficient (Wildman–Crippen LogP) is 4.38. The van der Waals surface area contributed by atoms with Crippen molar-refractivity contribution in [1.82, 2.24) is 15.1 Å². The molecule has 3 amide bonds. The molecular formula is C32H39FN4O7. The molecule has 4 heterocycles. The van der Waals surface area contributed by atoms with Crippen molar-refractivity contribution in [1.29, 1.82) is 0 Å². The first-order chi connectivity index (χ1) is 20.9. The molecule has 2 bridgehead atoms. The van der Waals surface area contributed by atoms with E-state index < -0.39 is 53.4 Å². The number of rotatable bonds is 2. The van der Waals surface area contributed by atoms with E-state index in [-0.39, 0.29) is 43.7 Å². The Kier molecular flexibility index (Phi) is 7.87. The van der Waals surface area contributed by atoms with E-state index in [1.165, 1.54) is 15.9 Å². The molecule has 0 aromatic heterocycles. The molecular weight excluding hydrogens is 571 g/mol. The van der Waals surface area contributed by atoms with Gasteiger partial charge >= 0.3 is 18.2 Å². The van der Waals surface area contributed by atoms with Crippen LogP contribution in [-0.2, 0) is 36.9 Å². The first-order valence-electron chi connectivity index (χ1n) is 15.4. The lowest BCUT2D eigenvalue weighted by molar-refractivity contribution is -0.138. The number of nitrogens with one attached hydrogen (secondary N) is 1. The lowest BCUT2D eigenvalue weighted by Crippen LogP contribution is -2.52. The summed E-state index contributed by atoms with van der Waals surface area (Å²) in [5.74, 6) is -1.14. The summed E-state index contributed by atoms with van der Waals surface area (Å²) < 4.78 is 31.3. The summed E-state index contributed by atoms with van der Waals surface area (Å²) in [6.45, 7) is 5.55. The van der Waals surface area contributed by atoms with Crippen molar-refractivity contribution >= 4 is 30.0 Å². The number of aliphatic imine (C=N–C) groups is 1. The summed E-state index contributed by atoms with van der Waals surface area (Å²) in [6.07, 6.45) is 6.40. The standard InChI is InChI=1S/C32H39FN4O7/c1-31(2,3)44-29(40)34-24-13-8-6-4-5-7-11-20-15-32(20)28(39)43-26(35-32)25-14-21(17-37(25)27(24)38)42-30(41)36-16-19-10-9-12-23(33)22(19)18-36/h7,9-12,20-21,24-25H,4-6,8,13-18H2,1-3H3,(H,34,40)/b11-7-/t20?,21-,24+,25+,32?/m1/s1. The molecule has 1 aromatic carbocycles. The average molecular weight is 611 g/mol. The van der Waals surface area contributed by atoms with Gasteiger partial charge in [0.25, 0.3) is 0 Å². The average Bonchev–Trinajstić information content (AvgIpc) is 3.24. The fraction of sp³-hybridized carbons (Fsp3) is 0.594. The summed E-state index contributed by atoms with van der Waals surface area (Å²) in [7, 11) is 0. The minimum absolute atomic E-state index is 0.0176. The normalized spacial score (nSPS) is 30.6. The maximum Gasteiger partial charge on any atom is 0.410 e. The van der Waals surface area contributed by atoms with Crippen LogP contribution in [0.25, 0.3) is 0 Å². The number of carbonyl (C=O) groups excluding carboxylic acids is 4. The number of hydrogen-bond donors (Lipinski definition) is 1. The number of carbonyl (C=O) groups is 4. The Morgan fingerprint density at radius 3 is 2.75 bits per heavy atom. The second-order valence-electron chi connectivity index (χ2n) is 13.3. The quantitative estimate of drug-likeness (QED) is 0.299. The van der Waals surface area contributed by atoms with Crippen molar-refractivity contribution in [2.45, 2.75) is 108 Å². The molecule has 1 saturated heterocycles. The van der Waals surface area contributed by atoms with E-state index in [9.17, 15) is 23.6 Å². The van der Waals surface area contributed by atoms with Gasteiger partial charge in [0.15, 0.2) is 5.54 Å². The van der Waals surface area contributed by atoms with Crippen molar-refractivity contribution < 1.29 is 37.8 Å². The molecule has 1 saturated carbocycles. The maximum absolute atomic E-state index is 14.3. The van der Waals surface area contributed by atoms with E-state index in [1.54, 1.807) is 32.9 Å². The van der Waals surface area contributed by atoms with Gasteiger partial charge in [0.05, 0.1) is 13.1 Å². The Morgan fingerprint density at radius 2 is 1.98 bits per heavy atom. The van der Waals surface area contributed by atoms with Gasteiger partial charge in [-0.15, -0.1) is 0 Å². The summed E-state index contributed by atoms with van der Waals surface area (Å²) >= 11 is 0. The third-order valence-corrected chi connectivity index (χ3v) is 8.85. The molecule has 1 aromatic rings. The van der Waals surface area contributed by atoms with Gasteiger partial charge in [-0.25, -0.2) is 23.8 Å². The Hall–Kier alpha value is -3.96. The van der Waals surface area contributed by atoms with E-state index in [0.29, 0.717) is 24.8 Å². The number of allylic oxidation sites excluding steroid dienone is 1. The van der Waals surface area contributed by atoms with E-state index in [4.69, 9.17) is 19.2 Å². The van der Waals surface area contributed by atoms with Crippen LogP contribution in [0, 0.1) is 11.7 Å². The Labute approximate surface area is 255 Å². The molecule has 11 nitrogen and oxygen atoms in total. The Morgan fingerprint density at radius 1 is 1.16 bits per heavy atom. The van der Waals surface area contributed by atoms with Gasteiger partial charge < -0.3 is 24.4 Å². The van der Waals surface area contributed by atoms with Gasteiger partial charge in [-0.05, 0) is 58.1 Å². The summed E-state index contributed by atoms with van der Waals surface area (Å²) in [4.78, 5) is 60.8. The van der Waals surface area contributed by atoms with Gasteiger partial charge in [0, 0.05) is 24.4 Å². The smallest absolute Gasteiger partial charge is 0.410 e. The summed E-state index contributed by atoms with van der Waals surface area (Å²) in [5, 5.41) is 2.75. The molecule has 5 aliphatic rings. The lowest BCUT2D eigenvalue weighted by atomic mass is 10.0. The van der Waals surface area contributed by atoms with Crippen LogP contribution in [0.15, 0.2) is 35.3 Å². The molecule has 2 unspecified atom stereocenters. The number of amides is 3. The number of esters is 1. The first kappa shape index (κ1) is 30.1. The van der Waals surface area contributed by atoms with Crippen LogP contribution in [0.3, 0.4) is 0 Å². The predicted molar refractivity (Wildman–Crippen MR) is 156 cm³/mol. The molecule has 1 N–H and O–H groups in total. The number of fused-ring (bicyclic) bond motifs is 3. The number of ether oxygens (including phenoxy) is 3. The highest BCUT2D eigenvalue weighted by Gasteiger charge is 2.65. The molecule has 1 spiro atoms. The van der Waals surface area contributed by atoms with Crippen molar-refractivity contribution in [3.63, 3.8) is 0 Å². The van der Waals surface area contributed by atoms with Crippen LogP contribution in [0.2, 0.25) is 0 Å². The number of benzene rings is 1. The van der Waals surface area contributed by atoms with Crippen LogP contribution < -0.4 is 5.32 Å². The van der Waals surface area contributed by atoms with Crippen molar-refractivity contribution in [2.24, 2.45) is 10.9 Å². The van der Waals surface area contributed by atoms with Crippen LogP contribution in [0.4, 0.5) is 14.0 Å². The van der Waals surface area contributed by atoms with Gasteiger partial charge in [-0.3, -0.25) is 9.69 Å². The number of hydrogen-bond acceptors (Lipinski definition) is 8. The second kappa shape index (κ2) is 11.5. The lowest BCUT2D eigenvalue weighted by Gasteiger charge is -2.29. The van der Waals surface area contributed by atoms with Crippen LogP contribution in [-0.4, -0.2) is 75.6 Å². The Balaban J connectivity index is 1.24. The van der Waals surface area contributed by atoms with E-state index in [2.05, 4.69) is 11.4 Å². The zero-order valence-corrected chi connectivity index (χ0v) is 25.3. The largest absolute Gasteiger partial charge is 0.444 e. The molecule has 12 heteroatoms. The first-order valence-corrected chi connectivity index (χ1v) is 15.4. The zero-order valence-electron chi connectivity index (χ0n) is 25.3. The molecule has 6 rings (SSSR count). The second-order valence-corrected chi connectivity index (χ2v) is 13.3. The topological polar surface area (TPSA) is 127 Å². The molecule has 44 heavy (non-hydrogen) atoms. The third-order valence-electron chi connectivity index (χ3n) is 8.85. The van der Waals surface area contributed by atoms with Crippen molar-refractivity contribution in [2.75, 3.05) is 6.54 Å². The van der Waals surface area contributed by atoms with Crippen LogP contribution in [0.1, 0.15) is 76.8 Å². The van der Waals surface area contributed by atoms with Gasteiger partial charge in [-0.1, -0.05) is 37.1 Å². The minimum Gasteiger partial charge on any atom is -0.444 e. The molecule has 236 valence electrons. The molecule has 0 radical (unpaired) electrons. The van der Waals surface area contributed by atoms with Gasteiger partial charge in [-0.2, -0.15) is 0 Å². The Bertz CT molecular complexity index is 1420. The van der Waals surface area contributed by atoms with E-state index >= 15 is 0 Å². The SMILES string of the molecule is CC(C)(C)OC(=O)N[C@H]1CCCCC/C=C\C2CC23N=C(OC3=O)[C@@H]2C[C@@H](OC(=O)N3Cc4cccc(F)c4C3)CN2C1=O. The molecule has 4 aliphatic heterocycles. The summed E-state index contributed by atoms with van der Waals surface area (Å²) in [5.41, 5.74) is -0.553. The van der Waals surface area contributed by atoms with Crippen LogP contribution in [0.5, 0.6) is 0 Å². The maximum atomic E-state index is 14.3. The highest BCUT2D eigenvalue weighted by Crippen LogP contribution is 2.52. The number of halogens is 1. The van der Waals surface area contributed by atoms with Crippen molar-refractivity contribution in [3.8, 4) is 0 Å². The van der Waals surface area contributed by atoms with Crippen molar-refractivity contribution in [3.05, 3.63) is 47.3 Å². The fourth-order valence-electron chi connectivity index (χ4n) is 6.50. The summed E-state index contributed by atoms with van der Waals surface area (Å²) in [6, 6.07) is 3.07. The van der Waals surface area contributed by atoms with Crippen LogP contribution >= 0.6 is 0 Å². The number of alkyl carbamates (subject to hydrolysis) is 1. The van der Waals surface area contributed by atoms with E-state index in [1.807, 2.05) is 6.08 Å². The van der Waals surface area contributed by atoms with Gasteiger partial charge in [0.2, 0.25) is 11.8 Å². The highest BCUT2D eigenvalue weighted by atomic mass is 19.1. The zero-order chi connectivity index (χ0) is 31.2. The molecule has 2 fully saturated rings. The molecule has 5 atom stereocenters. The highest BCUT2D eigenvalue weighted by molar-refractivity contribution is 6.06. The van der Waals surface area contributed by atoms with E-state index in [0.717, 1.165) is 24.8 Å². The monoisotopic (exact) mass is 610 g/mol. The minimum atomic E-state index is -0.977.